The van der Waals surface area contributed by atoms with Gasteiger partial charge in [0.05, 0.1) is 0 Å². The van der Waals surface area contributed by atoms with Crippen molar-refractivity contribution < 1.29 is 4.42 Å². The minimum atomic E-state index is 0.802. The molecule has 0 amide bonds. The van der Waals surface area contributed by atoms with Gasteiger partial charge in [0.25, 0.3) is 0 Å². The van der Waals surface area contributed by atoms with Crippen LogP contribution in [0.4, 0.5) is 34.4 Å². The van der Waals surface area contributed by atoms with Crippen LogP contribution in [0.25, 0.3) is 44.9 Å². The zero-order valence-corrected chi connectivity index (χ0v) is 30.0. The second kappa shape index (κ2) is 15.2. The first kappa shape index (κ1) is 33.3. The molecule has 0 fully saturated rings. The van der Waals surface area contributed by atoms with Gasteiger partial charge in [-0.15, -0.1) is 0 Å². The molecule has 5 heteroatoms. The summed E-state index contributed by atoms with van der Waals surface area (Å²) in [6, 6.07) is 70.9. The molecule has 9 rings (SSSR count). The van der Waals surface area contributed by atoms with Crippen molar-refractivity contribution in [2.45, 2.75) is 0 Å². The van der Waals surface area contributed by atoms with E-state index in [1.807, 2.05) is 73.1 Å². The predicted molar refractivity (Wildman–Crippen MR) is 225 cm³/mol. The van der Waals surface area contributed by atoms with E-state index in [1.165, 1.54) is 22.3 Å². The van der Waals surface area contributed by atoms with E-state index in [-0.39, 0.29) is 0 Å². The van der Waals surface area contributed by atoms with Crippen LogP contribution in [0.5, 0.6) is 0 Å². The van der Waals surface area contributed by atoms with E-state index in [4.69, 9.17) is 14.4 Å². The Morgan fingerprint density at radius 3 is 0.909 bits per heavy atom. The third-order valence-corrected chi connectivity index (χ3v) is 9.65. The average Bonchev–Trinajstić information content (AvgIpc) is 3.77. The van der Waals surface area contributed by atoms with Crippen LogP contribution in [0, 0.1) is 0 Å². The molecule has 0 saturated heterocycles. The van der Waals surface area contributed by atoms with Crippen LogP contribution in [0.15, 0.2) is 223 Å². The van der Waals surface area contributed by atoms with Crippen LogP contribution in [0.1, 0.15) is 0 Å². The summed E-state index contributed by atoms with van der Waals surface area (Å²) in [5, 5.41) is 0. The van der Waals surface area contributed by atoms with Gasteiger partial charge in [0.2, 0.25) is 0 Å². The molecule has 0 saturated carbocycles. The molecule has 0 radical (unpaired) electrons. The van der Waals surface area contributed by atoms with Crippen LogP contribution in [-0.2, 0) is 0 Å². The normalized spacial score (nSPS) is 10.9. The molecule has 262 valence electrons. The molecular weight excluding hydrogens is 673 g/mol. The van der Waals surface area contributed by atoms with E-state index in [0.29, 0.717) is 0 Å². The van der Waals surface area contributed by atoms with E-state index < -0.39 is 0 Å². The molecule has 0 bridgehead atoms. The molecule has 9 aromatic rings. The highest BCUT2D eigenvalue weighted by atomic mass is 16.3. The second-order valence-electron chi connectivity index (χ2n) is 13.1. The quantitative estimate of drug-likeness (QED) is 0.142. The first-order valence-electron chi connectivity index (χ1n) is 18.3. The predicted octanol–water partition coefficient (Wildman–Crippen LogP) is 13.7. The maximum absolute atomic E-state index is 6.45. The van der Waals surface area contributed by atoms with Gasteiger partial charge in [-0.3, -0.25) is 9.80 Å². The van der Waals surface area contributed by atoms with Crippen LogP contribution in [0.3, 0.4) is 0 Å². The van der Waals surface area contributed by atoms with Gasteiger partial charge in [-0.25, -0.2) is 9.97 Å². The van der Waals surface area contributed by atoms with Crippen molar-refractivity contribution in [2.75, 3.05) is 9.80 Å². The number of aromatic nitrogens is 2. The van der Waals surface area contributed by atoms with E-state index in [9.17, 15) is 0 Å². The number of anilines is 6. The number of furan rings is 1. The Balaban J connectivity index is 0.962. The summed E-state index contributed by atoms with van der Waals surface area (Å²) in [6.45, 7) is 0. The topological polar surface area (TPSA) is 45.4 Å². The van der Waals surface area contributed by atoms with Gasteiger partial charge in [0.15, 0.2) is 0 Å². The van der Waals surface area contributed by atoms with E-state index in [2.05, 4.69) is 155 Å². The van der Waals surface area contributed by atoms with Gasteiger partial charge < -0.3 is 4.42 Å². The summed E-state index contributed by atoms with van der Waals surface area (Å²) in [5.41, 5.74) is 10.8. The summed E-state index contributed by atoms with van der Waals surface area (Å²) in [6.07, 6.45) is 3.65. The fourth-order valence-electron chi connectivity index (χ4n) is 6.86. The van der Waals surface area contributed by atoms with E-state index in [0.717, 1.165) is 57.0 Å². The summed E-state index contributed by atoms with van der Waals surface area (Å²) in [4.78, 5) is 13.7. The third kappa shape index (κ3) is 7.15. The van der Waals surface area contributed by atoms with Gasteiger partial charge in [0.1, 0.15) is 23.2 Å². The minimum Gasteiger partial charge on any atom is -0.456 e. The molecule has 0 atom stereocenters. The Bertz CT molecular complexity index is 2410. The van der Waals surface area contributed by atoms with Gasteiger partial charge in [-0.1, -0.05) is 97.1 Å². The Labute approximate surface area is 321 Å². The van der Waals surface area contributed by atoms with Crippen molar-refractivity contribution in [1.29, 1.82) is 0 Å². The maximum atomic E-state index is 6.45. The van der Waals surface area contributed by atoms with Crippen molar-refractivity contribution in [3.05, 3.63) is 219 Å². The lowest BCUT2D eigenvalue weighted by Gasteiger charge is -2.24. The molecule has 0 spiro atoms. The first-order chi connectivity index (χ1) is 27.3. The summed E-state index contributed by atoms with van der Waals surface area (Å²) in [7, 11) is 0. The zero-order valence-electron chi connectivity index (χ0n) is 30.0. The Hall–Kier alpha value is -7.50. The van der Waals surface area contributed by atoms with Gasteiger partial charge in [-0.05, 0) is 131 Å². The van der Waals surface area contributed by atoms with Crippen LogP contribution < -0.4 is 9.80 Å². The molecule has 3 aromatic heterocycles. The Kier molecular flexibility index (Phi) is 9.23. The first-order valence-corrected chi connectivity index (χ1v) is 18.3. The molecule has 0 aliphatic heterocycles. The fraction of sp³-hybridized carbons (Fsp3) is 0. The van der Waals surface area contributed by atoms with Crippen molar-refractivity contribution >= 4 is 34.4 Å². The lowest BCUT2D eigenvalue weighted by molar-refractivity contribution is 0.597. The lowest BCUT2D eigenvalue weighted by Crippen LogP contribution is -2.11. The van der Waals surface area contributed by atoms with E-state index >= 15 is 0 Å². The average molecular weight is 709 g/mol. The monoisotopic (exact) mass is 708 g/mol. The van der Waals surface area contributed by atoms with Crippen LogP contribution in [-0.4, -0.2) is 9.97 Å². The molecule has 5 nitrogen and oxygen atoms in total. The van der Waals surface area contributed by atoms with Crippen molar-refractivity contribution in [1.82, 2.24) is 9.97 Å². The third-order valence-electron chi connectivity index (χ3n) is 9.65. The standard InChI is InChI=1S/C50H36N4O/c1-3-11-37(12-4-1)39-17-25-43(26-18-39)53(49-15-7-9-35-51-49)45-29-21-41(22-30-45)47-33-34-48(55-47)42-23-31-46(32-24-42)54(50-16-8-10-36-52-50)44-27-19-40(20-28-44)38-13-5-2-6-14-38/h1-36H. The molecule has 0 N–H and O–H groups in total. The summed E-state index contributed by atoms with van der Waals surface area (Å²) >= 11 is 0. The SMILES string of the molecule is c1ccc(-c2ccc(N(c3ccc(-c4ccc(-c5ccc(N(c6ccc(-c7ccccc7)cc6)c6ccccn6)cc5)o4)cc3)c3ccccn3)cc2)cc1. The number of rotatable bonds is 10. The lowest BCUT2D eigenvalue weighted by atomic mass is 10.0. The minimum absolute atomic E-state index is 0.802. The molecule has 6 aromatic carbocycles. The number of nitrogens with zero attached hydrogens (tertiary/aromatic N) is 4. The number of pyridine rings is 2. The molecular formula is C50H36N4O. The van der Waals surface area contributed by atoms with Crippen molar-refractivity contribution in [3.8, 4) is 44.9 Å². The Morgan fingerprint density at radius 2 is 0.582 bits per heavy atom. The van der Waals surface area contributed by atoms with Crippen molar-refractivity contribution in [3.63, 3.8) is 0 Å². The van der Waals surface area contributed by atoms with Gasteiger partial charge in [-0.2, -0.15) is 0 Å². The summed E-state index contributed by atoms with van der Waals surface area (Å²) in [5.74, 6) is 3.29. The largest absolute Gasteiger partial charge is 0.456 e. The van der Waals surface area contributed by atoms with Gasteiger partial charge >= 0.3 is 0 Å². The molecule has 0 unspecified atom stereocenters. The highest BCUT2D eigenvalue weighted by Crippen LogP contribution is 2.38. The fourth-order valence-corrected chi connectivity index (χ4v) is 6.86. The van der Waals surface area contributed by atoms with Crippen LogP contribution >= 0.6 is 0 Å². The number of hydrogen-bond acceptors (Lipinski definition) is 5. The highest BCUT2D eigenvalue weighted by molar-refractivity contribution is 5.80. The van der Waals surface area contributed by atoms with Crippen LogP contribution in [0.2, 0.25) is 0 Å². The second-order valence-corrected chi connectivity index (χ2v) is 13.1. The number of hydrogen-bond donors (Lipinski definition) is 0. The zero-order chi connectivity index (χ0) is 36.8. The molecule has 3 heterocycles. The molecule has 0 aliphatic carbocycles. The number of benzene rings is 6. The summed E-state index contributed by atoms with van der Waals surface area (Å²) < 4.78 is 6.45. The van der Waals surface area contributed by atoms with Crippen molar-refractivity contribution in [2.24, 2.45) is 0 Å². The van der Waals surface area contributed by atoms with Gasteiger partial charge in [0, 0.05) is 46.3 Å². The maximum Gasteiger partial charge on any atom is 0.137 e. The molecule has 55 heavy (non-hydrogen) atoms. The smallest absolute Gasteiger partial charge is 0.137 e. The highest BCUT2D eigenvalue weighted by Gasteiger charge is 2.17. The Morgan fingerprint density at radius 1 is 0.273 bits per heavy atom. The van der Waals surface area contributed by atoms with E-state index in [1.54, 1.807) is 0 Å². The molecule has 0 aliphatic rings.